The Bertz CT molecular complexity index is 787. The standard InChI is InChI=1S/C20H24N4O3/c25-18-7-6-16(19(26)14-18)15-21-22-20(27)8-9-23-10-12-24(13-11-23)17-4-2-1-3-5-17/h1-7,14-15,25-26H,8-13H2,(H,22,27)/p+1/b21-15+. The molecular weight excluding hydrogens is 344 g/mol. The van der Waals surface area contributed by atoms with Crippen molar-refractivity contribution in [3.05, 3.63) is 54.1 Å². The summed E-state index contributed by atoms with van der Waals surface area (Å²) in [4.78, 5) is 15.7. The fourth-order valence-corrected chi connectivity index (χ4v) is 3.13. The van der Waals surface area contributed by atoms with Gasteiger partial charge in [0.05, 0.1) is 45.4 Å². The maximum Gasteiger partial charge on any atom is 0.245 e. The number of carbonyl (C=O) groups excluding carboxylic acids is 1. The molecule has 0 unspecified atom stereocenters. The summed E-state index contributed by atoms with van der Waals surface area (Å²) in [5, 5.41) is 22.8. The van der Waals surface area contributed by atoms with Gasteiger partial charge in [0.1, 0.15) is 11.5 Å². The lowest BCUT2D eigenvalue weighted by atomic mass is 10.2. The third kappa shape index (κ3) is 5.46. The van der Waals surface area contributed by atoms with Crippen LogP contribution in [-0.4, -0.2) is 55.1 Å². The van der Waals surface area contributed by atoms with E-state index in [4.69, 9.17) is 0 Å². The molecular formula is C20H25N4O3+. The summed E-state index contributed by atoms with van der Waals surface area (Å²) < 4.78 is 0. The van der Waals surface area contributed by atoms with Crippen molar-refractivity contribution in [2.45, 2.75) is 6.42 Å². The van der Waals surface area contributed by atoms with E-state index in [9.17, 15) is 15.0 Å². The van der Waals surface area contributed by atoms with E-state index < -0.39 is 0 Å². The topological polar surface area (TPSA) is 89.6 Å². The number of phenols is 2. The highest BCUT2D eigenvalue weighted by atomic mass is 16.3. The fraction of sp³-hybridized carbons (Fsp3) is 0.300. The number of anilines is 1. The van der Waals surface area contributed by atoms with E-state index >= 15 is 0 Å². The number of para-hydroxylation sites is 1. The number of hydrogen-bond acceptors (Lipinski definition) is 5. The van der Waals surface area contributed by atoms with Crippen LogP contribution in [0.1, 0.15) is 12.0 Å². The van der Waals surface area contributed by atoms with Crippen molar-refractivity contribution < 1.29 is 19.9 Å². The van der Waals surface area contributed by atoms with Crippen LogP contribution in [0.5, 0.6) is 11.5 Å². The number of amides is 1. The Morgan fingerprint density at radius 3 is 2.59 bits per heavy atom. The second-order valence-electron chi connectivity index (χ2n) is 6.61. The molecule has 0 aliphatic carbocycles. The molecule has 7 heteroatoms. The minimum atomic E-state index is -0.150. The molecule has 1 amide bonds. The third-order valence-corrected chi connectivity index (χ3v) is 4.70. The smallest absolute Gasteiger partial charge is 0.245 e. The van der Waals surface area contributed by atoms with Gasteiger partial charge in [-0.2, -0.15) is 5.10 Å². The highest BCUT2D eigenvalue weighted by molar-refractivity contribution is 5.85. The number of carbonyl (C=O) groups is 1. The van der Waals surface area contributed by atoms with E-state index in [2.05, 4.69) is 39.7 Å². The first-order valence-corrected chi connectivity index (χ1v) is 9.09. The normalized spacial score (nSPS) is 15.2. The van der Waals surface area contributed by atoms with Gasteiger partial charge in [-0.05, 0) is 24.3 Å². The molecule has 1 aliphatic rings. The zero-order valence-corrected chi connectivity index (χ0v) is 15.1. The monoisotopic (exact) mass is 369 g/mol. The van der Waals surface area contributed by atoms with Crippen LogP contribution >= 0.6 is 0 Å². The number of benzene rings is 2. The van der Waals surface area contributed by atoms with E-state index in [0.717, 1.165) is 32.7 Å². The van der Waals surface area contributed by atoms with Crippen LogP contribution in [0.2, 0.25) is 0 Å². The van der Waals surface area contributed by atoms with E-state index in [-0.39, 0.29) is 17.4 Å². The molecule has 1 heterocycles. The molecule has 1 aliphatic heterocycles. The van der Waals surface area contributed by atoms with Crippen molar-refractivity contribution in [3.63, 3.8) is 0 Å². The number of nitrogens with zero attached hydrogens (tertiary/aromatic N) is 2. The number of hydrogen-bond donors (Lipinski definition) is 4. The molecule has 0 saturated carbocycles. The first-order chi connectivity index (χ1) is 13.1. The second-order valence-corrected chi connectivity index (χ2v) is 6.61. The average Bonchev–Trinajstić information content (AvgIpc) is 2.69. The minimum Gasteiger partial charge on any atom is -0.508 e. The maximum atomic E-state index is 11.9. The Morgan fingerprint density at radius 2 is 1.89 bits per heavy atom. The van der Waals surface area contributed by atoms with Gasteiger partial charge >= 0.3 is 0 Å². The number of quaternary nitrogens is 1. The van der Waals surface area contributed by atoms with E-state index in [1.807, 2.05) is 6.07 Å². The van der Waals surface area contributed by atoms with Gasteiger partial charge in [-0.1, -0.05) is 18.2 Å². The lowest BCUT2D eigenvalue weighted by Gasteiger charge is -2.33. The third-order valence-electron chi connectivity index (χ3n) is 4.70. The van der Waals surface area contributed by atoms with Crippen molar-refractivity contribution in [1.29, 1.82) is 0 Å². The predicted octanol–water partition coefficient (Wildman–Crippen LogP) is 0.343. The molecule has 3 rings (SSSR count). The van der Waals surface area contributed by atoms with Crippen LogP contribution in [-0.2, 0) is 4.79 Å². The van der Waals surface area contributed by atoms with Gasteiger partial charge in [0.25, 0.3) is 0 Å². The molecule has 2 aromatic carbocycles. The van der Waals surface area contributed by atoms with Gasteiger partial charge < -0.3 is 20.0 Å². The Balaban J connectivity index is 1.38. The molecule has 27 heavy (non-hydrogen) atoms. The van der Waals surface area contributed by atoms with E-state index in [0.29, 0.717) is 12.0 Å². The van der Waals surface area contributed by atoms with Crippen molar-refractivity contribution in [2.24, 2.45) is 5.10 Å². The fourth-order valence-electron chi connectivity index (χ4n) is 3.13. The van der Waals surface area contributed by atoms with Gasteiger partial charge in [-0.15, -0.1) is 0 Å². The number of phenolic OH excluding ortho intramolecular Hbond substituents is 2. The van der Waals surface area contributed by atoms with E-state index in [1.54, 1.807) is 0 Å². The Kier molecular flexibility index (Phi) is 6.27. The van der Waals surface area contributed by atoms with Crippen LogP contribution in [0.15, 0.2) is 53.6 Å². The Labute approximate surface area is 158 Å². The largest absolute Gasteiger partial charge is 0.508 e. The predicted molar refractivity (Wildman–Crippen MR) is 104 cm³/mol. The summed E-state index contributed by atoms with van der Waals surface area (Å²) in [5.74, 6) is -0.264. The van der Waals surface area contributed by atoms with Crippen molar-refractivity contribution in [2.75, 3.05) is 37.6 Å². The number of hydrazone groups is 1. The first kappa shape index (κ1) is 18.7. The van der Waals surface area contributed by atoms with Gasteiger partial charge in [-0.25, -0.2) is 5.43 Å². The first-order valence-electron chi connectivity index (χ1n) is 9.09. The van der Waals surface area contributed by atoms with Crippen molar-refractivity contribution >= 4 is 17.8 Å². The van der Waals surface area contributed by atoms with Gasteiger partial charge in [-0.3, -0.25) is 4.79 Å². The van der Waals surface area contributed by atoms with Crippen LogP contribution in [0, 0.1) is 0 Å². The molecule has 0 spiro atoms. The molecule has 7 nitrogen and oxygen atoms in total. The summed E-state index contributed by atoms with van der Waals surface area (Å²) in [7, 11) is 0. The second kappa shape index (κ2) is 9.05. The van der Waals surface area contributed by atoms with Crippen molar-refractivity contribution in [3.8, 4) is 11.5 Å². The van der Waals surface area contributed by atoms with Crippen LogP contribution in [0.3, 0.4) is 0 Å². The number of nitrogens with one attached hydrogen (secondary N) is 2. The molecule has 0 atom stereocenters. The summed E-state index contributed by atoms with van der Waals surface area (Å²) in [6, 6.07) is 14.6. The number of rotatable bonds is 6. The number of aromatic hydroxyl groups is 2. The molecule has 142 valence electrons. The van der Waals surface area contributed by atoms with Gasteiger partial charge in [0.15, 0.2) is 0 Å². The number of piperazine rings is 1. The zero-order chi connectivity index (χ0) is 19.1. The SMILES string of the molecule is O=C(CC[NH+]1CCN(c2ccccc2)CC1)N/N=C/c1ccc(O)cc1O. The molecule has 0 bridgehead atoms. The molecule has 0 aromatic heterocycles. The minimum absolute atomic E-state index is 0.0241. The summed E-state index contributed by atoms with van der Waals surface area (Å²) >= 11 is 0. The molecule has 1 fully saturated rings. The van der Waals surface area contributed by atoms with Gasteiger partial charge in [0.2, 0.25) is 5.91 Å². The van der Waals surface area contributed by atoms with Crippen LogP contribution < -0.4 is 15.2 Å². The lowest BCUT2D eigenvalue weighted by Crippen LogP contribution is -3.15. The van der Waals surface area contributed by atoms with Gasteiger partial charge in [0, 0.05) is 17.3 Å². The highest BCUT2D eigenvalue weighted by Crippen LogP contribution is 2.20. The molecule has 0 radical (unpaired) electrons. The summed E-state index contributed by atoms with van der Waals surface area (Å²) in [5.41, 5.74) is 4.16. The van der Waals surface area contributed by atoms with Crippen LogP contribution in [0.4, 0.5) is 5.69 Å². The van der Waals surface area contributed by atoms with Crippen molar-refractivity contribution in [1.82, 2.24) is 5.43 Å². The van der Waals surface area contributed by atoms with Crippen LogP contribution in [0.25, 0.3) is 0 Å². The zero-order valence-electron chi connectivity index (χ0n) is 15.1. The molecule has 2 aromatic rings. The Hall–Kier alpha value is -3.06. The Morgan fingerprint density at radius 1 is 1.15 bits per heavy atom. The molecule has 4 N–H and O–H groups in total. The maximum absolute atomic E-state index is 11.9. The summed E-state index contributed by atoms with van der Waals surface area (Å²) in [6.07, 6.45) is 1.76. The quantitative estimate of drug-likeness (QED) is 0.437. The summed E-state index contributed by atoms with van der Waals surface area (Å²) in [6.45, 7) is 4.76. The lowest BCUT2D eigenvalue weighted by molar-refractivity contribution is -0.900. The molecule has 1 saturated heterocycles. The highest BCUT2D eigenvalue weighted by Gasteiger charge is 2.20. The average molecular weight is 369 g/mol. The van der Waals surface area contributed by atoms with E-state index in [1.165, 1.54) is 35.0 Å².